The van der Waals surface area contributed by atoms with E-state index >= 15 is 0 Å². The fourth-order valence-electron chi connectivity index (χ4n) is 3.94. The van der Waals surface area contributed by atoms with E-state index in [-0.39, 0.29) is 25.4 Å². The Kier molecular flexibility index (Phi) is 10.1. The molecule has 2 aromatic carbocycles. The lowest BCUT2D eigenvalue weighted by atomic mass is 9.98. The van der Waals surface area contributed by atoms with E-state index in [1.165, 1.54) is 0 Å². The van der Waals surface area contributed by atoms with Crippen molar-refractivity contribution >= 4 is 29.4 Å². The standard InChI is InChI=1S/C27H29ClN2O5/c28-23-16-7-4-11-20(23)12-8-13-21(18-25(31)30-34)26(32)29-24(17-19-9-2-1-3-10-19)27(33)35-22-14-5-6-15-22/h1-4,7,9-11,16,21-22,24,34H,5-6,13-15,17-18H2,(H,29,32)(H,30,31)/t21?,24-/m0/s1. The fourth-order valence-corrected chi connectivity index (χ4v) is 4.13. The number of carbonyl (C=O) groups excluding carboxylic acids is 3. The van der Waals surface area contributed by atoms with Gasteiger partial charge in [-0.3, -0.25) is 14.8 Å². The predicted molar refractivity (Wildman–Crippen MR) is 131 cm³/mol. The molecular weight excluding hydrogens is 468 g/mol. The SMILES string of the molecule is O=C(CC(CC#Cc1ccccc1Cl)C(=O)N[C@@H](Cc1ccccc1)C(=O)OC1CCCC1)NO. The van der Waals surface area contributed by atoms with Crippen LogP contribution >= 0.6 is 11.6 Å². The highest BCUT2D eigenvalue weighted by Gasteiger charge is 2.30. The third-order valence-electron chi connectivity index (χ3n) is 5.84. The van der Waals surface area contributed by atoms with Gasteiger partial charge in [-0.1, -0.05) is 65.9 Å². The van der Waals surface area contributed by atoms with Gasteiger partial charge >= 0.3 is 5.97 Å². The molecule has 0 saturated heterocycles. The number of rotatable bonds is 9. The van der Waals surface area contributed by atoms with Crippen LogP contribution in [0.1, 0.15) is 49.7 Å². The summed E-state index contributed by atoms with van der Waals surface area (Å²) in [5.74, 6) is 3.16. The third kappa shape index (κ3) is 8.43. The molecule has 2 amide bonds. The average molecular weight is 497 g/mol. The van der Waals surface area contributed by atoms with Crippen LogP contribution in [0.15, 0.2) is 54.6 Å². The zero-order valence-electron chi connectivity index (χ0n) is 19.3. The number of hydroxylamine groups is 1. The third-order valence-corrected chi connectivity index (χ3v) is 6.17. The Labute approximate surface area is 210 Å². The molecule has 0 aliphatic heterocycles. The molecule has 3 N–H and O–H groups in total. The van der Waals surface area contributed by atoms with Crippen LogP contribution in [0.2, 0.25) is 5.02 Å². The number of esters is 1. The Morgan fingerprint density at radius 2 is 1.74 bits per heavy atom. The predicted octanol–water partition coefficient (Wildman–Crippen LogP) is 3.81. The van der Waals surface area contributed by atoms with Gasteiger partial charge in [0.15, 0.2) is 0 Å². The largest absolute Gasteiger partial charge is 0.461 e. The first-order chi connectivity index (χ1) is 17.0. The molecule has 2 atom stereocenters. The average Bonchev–Trinajstić information content (AvgIpc) is 3.37. The molecule has 1 saturated carbocycles. The van der Waals surface area contributed by atoms with Crippen LogP contribution in [0.25, 0.3) is 0 Å². The highest BCUT2D eigenvalue weighted by atomic mass is 35.5. The quantitative estimate of drug-likeness (QED) is 0.212. The van der Waals surface area contributed by atoms with Crippen molar-refractivity contribution in [2.75, 3.05) is 0 Å². The Morgan fingerprint density at radius 3 is 2.43 bits per heavy atom. The molecule has 0 heterocycles. The maximum absolute atomic E-state index is 13.2. The summed E-state index contributed by atoms with van der Waals surface area (Å²) in [5.41, 5.74) is 3.02. The lowest BCUT2D eigenvalue weighted by Gasteiger charge is -2.22. The van der Waals surface area contributed by atoms with E-state index < -0.39 is 29.7 Å². The van der Waals surface area contributed by atoms with Crippen LogP contribution < -0.4 is 10.8 Å². The van der Waals surface area contributed by atoms with Crippen LogP contribution in [-0.4, -0.2) is 35.1 Å². The van der Waals surface area contributed by atoms with E-state index in [0.717, 1.165) is 31.2 Å². The van der Waals surface area contributed by atoms with Crippen molar-refractivity contribution in [3.05, 3.63) is 70.7 Å². The molecule has 0 aromatic heterocycles. The number of hydrogen-bond donors (Lipinski definition) is 3. The fraction of sp³-hybridized carbons (Fsp3) is 0.370. The van der Waals surface area contributed by atoms with Gasteiger partial charge in [0, 0.05) is 24.8 Å². The first kappa shape index (κ1) is 26.3. The van der Waals surface area contributed by atoms with Crippen LogP contribution in [0, 0.1) is 17.8 Å². The number of carbonyl (C=O) groups is 3. The normalized spacial score (nSPS) is 14.8. The molecule has 0 spiro atoms. The summed E-state index contributed by atoms with van der Waals surface area (Å²) in [6, 6.07) is 15.4. The molecule has 1 aliphatic carbocycles. The van der Waals surface area contributed by atoms with Gasteiger partial charge in [-0.2, -0.15) is 0 Å². The van der Waals surface area contributed by atoms with Crippen LogP contribution in [0.5, 0.6) is 0 Å². The highest BCUT2D eigenvalue weighted by molar-refractivity contribution is 6.31. The van der Waals surface area contributed by atoms with Crippen molar-refractivity contribution in [3.8, 4) is 11.8 Å². The van der Waals surface area contributed by atoms with Gasteiger partial charge in [-0.25, -0.2) is 10.3 Å². The van der Waals surface area contributed by atoms with E-state index in [2.05, 4.69) is 17.2 Å². The van der Waals surface area contributed by atoms with E-state index in [0.29, 0.717) is 10.6 Å². The number of hydrogen-bond acceptors (Lipinski definition) is 5. The highest BCUT2D eigenvalue weighted by Crippen LogP contribution is 2.22. The van der Waals surface area contributed by atoms with Gasteiger partial charge in [0.2, 0.25) is 11.8 Å². The molecule has 3 rings (SSSR count). The second-order valence-electron chi connectivity index (χ2n) is 8.52. The number of ether oxygens (including phenoxy) is 1. The summed E-state index contributed by atoms with van der Waals surface area (Å²) in [7, 11) is 0. The topological polar surface area (TPSA) is 105 Å². The zero-order chi connectivity index (χ0) is 25.0. The van der Waals surface area contributed by atoms with Gasteiger partial charge in [0.25, 0.3) is 0 Å². The molecule has 8 heteroatoms. The second-order valence-corrected chi connectivity index (χ2v) is 8.92. The first-order valence-corrected chi connectivity index (χ1v) is 12.0. The molecule has 1 fully saturated rings. The molecule has 2 aromatic rings. The molecule has 184 valence electrons. The number of halogens is 1. The van der Waals surface area contributed by atoms with Crippen molar-refractivity contribution in [1.29, 1.82) is 0 Å². The second kappa shape index (κ2) is 13.5. The summed E-state index contributed by atoms with van der Waals surface area (Å²) in [6.07, 6.45) is 3.49. The van der Waals surface area contributed by atoms with E-state index in [1.54, 1.807) is 29.7 Å². The molecule has 7 nitrogen and oxygen atoms in total. The summed E-state index contributed by atoms with van der Waals surface area (Å²) >= 11 is 6.13. The van der Waals surface area contributed by atoms with Gasteiger partial charge in [0.05, 0.1) is 10.9 Å². The van der Waals surface area contributed by atoms with Crippen molar-refractivity contribution < 1.29 is 24.3 Å². The van der Waals surface area contributed by atoms with Gasteiger partial charge in [-0.05, 0) is 43.4 Å². The lowest BCUT2D eigenvalue weighted by Crippen LogP contribution is -2.47. The Morgan fingerprint density at radius 1 is 1.06 bits per heavy atom. The molecule has 0 radical (unpaired) electrons. The van der Waals surface area contributed by atoms with E-state index in [1.807, 2.05) is 30.3 Å². The van der Waals surface area contributed by atoms with Crippen LogP contribution in [0.4, 0.5) is 0 Å². The van der Waals surface area contributed by atoms with Crippen LogP contribution in [-0.2, 0) is 25.5 Å². The Balaban J connectivity index is 1.74. The monoisotopic (exact) mass is 496 g/mol. The summed E-state index contributed by atoms with van der Waals surface area (Å²) < 4.78 is 5.67. The number of amides is 2. The van der Waals surface area contributed by atoms with Gasteiger partial charge in [0.1, 0.15) is 12.1 Å². The number of nitrogens with one attached hydrogen (secondary N) is 2. The lowest BCUT2D eigenvalue weighted by molar-refractivity contribution is -0.153. The molecule has 1 unspecified atom stereocenters. The Bertz CT molecular complexity index is 1070. The van der Waals surface area contributed by atoms with E-state index in [4.69, 9.17) is 21.5 Å². The minimum absolute atomic E-state index is 0.0280. The first-order valence-electron chi connectivity index (χ1n) is 11.7. The van der Waals surface area contributed by atoms with Crippen molar-refractivity contribution in [2.45, 2.75) is 57.1 Å². The molecule has 0 bridgehead atoms. The molecule has 35 heavy (non-hydrogen) atoms. The van der Waals surface area contributed by atoms with Crippen molar-refractivity contribution in [2.24, 2.45) is 5.92 Å². The molecule has 1 aliphatic rings. The Hall–Kier alpha value is -3.34. The molecular formula is C27H29ClN2O5. The maximum atomic E-state index is 13.2. The maximum Gasteiger partial charge on any atom is 0.329 e. The zero-order valence-corrected chi connectivity index (χ0v) is 20.1. The van der Waals surface area contributed by atoms with Crippen molar-refractivity contribution in [3.63, 3.8) is 0 Å². The minimum Gasteiger partial charge on any atom is -0.461 e. The summed E-state index contributed by atoms with van der Waals surface area (Å²) in [4.78, 5) is 38.0. The van der Waals surface area contributed by atoms with Crippen LogP contribution in [0.3, 0.4) is 0 Å². The van der Waals surface area contributed by atoms with Crippen molar-refractivity contribution in [1.82, 2.24) is 10.8 Å². The van der Waals surface area contributed by atoms with Gasteiger partial charge < -0.3 is 10.1 Å². The van der Waals surface area contributed by atoms with Gasteiger partial charge in [-0.15, -0.1) is 0 Å². The smallest absolute Gasteiger partial charge is 0.329 e. The minimum atomic E-state index is -0.915. The number of benzene rings is 2. The summed E-state index contributed by atoms with van der Waals surface area (Å²) in [6.45, 7) is 0. The summed E-state index contributed by atoms with van der Waals surface area (Å²) in [5, 5.41) is 12.2. The van der Waals surface area contributed by atoms with E-state index in [9.17, 15) is 14.4 Å².